The molecule has 1 aromatic rings. The number of rotatable bonds is 3. The highest BCUT2D eigenvalue weighted by Crippen LogP contribution is 2.40. The summed E-state index contributed by atoms with van der Waals surface area (Å²) in [5.41, 5.74) is 0.797. The van der Waals surface area contributed by atoms with Crippen LogP contribution in [0.3, 0.4) is 0 Å². The topological polar surface area (TPSA) is 28.2 Å². The van der Waals surface area contributed by atoms with E-state index in [0.29, 0.717) is 24.8 Å². The quantitative estimate of drug-likeness (QED) is 0.486. The number of hydrogen-bond donors (Lipinski definition) is 0. The van der Waals surface area contributed by atoms with Gasteiger partial charge in [0.15, 0.2) is 11.5 Å². The van der Waals surface area contributed by atoms with Crippen LogP contribution in [-0.2, 0) is 0 Å². The molecule has 1 heterocycles. The van der Waals surface area contributed by atoms with Gasteiger partial charge in [-0.1, -0.05) is 69.6 Å². The minimum atomic E-state index is -1.65. The largest absolute Gasteiger partial charge is 0.493 e. The minimum Gasteiger partial charge on any atom is -0.493 e. The van der Waals surface area contributed by atoms with Crippen LogP contribution in [0.1, 0.15) is 0 Å². The van der Waals surface area contributed by atoms with E-state index >= 15 is 0 Å². The first-order valence-corrected chi connectivity index (χ1v) is 8.93. The fourth-order valence-electron chi connectivity index (χ4n) is 2.26. The third-order valence-electron chi connectivity index (χ3n) is 3.47. The van der Waals surface area contributed by atoms with Crippen LogP contribution in [-0.4, -0.2) is 51.9 Å². The van der Waals surface area contributed by atoms with Crippen molar-refractivity contribution in [2.45, 2.75) is 7.83 Å². The van der Waals surface area contributed by atoms with Gasteiger partial charge in [0, 0.05) is 11.8 Å². The maximum Gasteiger partial charge on any atom is 0.250 e. The molecule has 0 aliphatic carbocycles. The average molecular weight is 458 g/mol. The van der Waals surface area contributed by atoms with E-state index in [1.165, 1.54) is 0 Å². The lowest BCUT2D eigenvalue weighted by atomic mass is 10.2. The first kappa shape index (κ1) is 20.6. The van der Waals surface area contributed by atoms with E-state index in [-0.39, 0.29) is 6.67 Å². The number of ether oxygens (including phenoxy) is 2. The third kappa shape index (κ3) is 4.92. The molecule has 1 fully saturated rings. The van der Waals surface area contributed by atoms with Crippen LogP contribution < -0.4 is 14.4 Å². The molecule has 2 rings (SSSR count). The smallest absolute Gasteiger partial charge is 0.250 e. The van der Waals surface area contributed by atoms with Crippen molar-refractivity contribution in [3.63, 3.8) is 0 Å². The lowest BCUT2D eigenvalue weighted by Gasteiger charge is -2.47. The zero-order chi connectivity index (χ0) is 18.1. The molecule has 0 aromatic heterocycles. The lowest BCUT2D eigenvalue weighted by molar-refractivity contribution is 0.0831. The summed E-state index contributed by atoms with van der Waals surface area (Å²) in [6.45, 7) is 0.823. The third-order valence-corrected chi connectivity index (χ3v) is 4.91. The molecule has 0 atom stereocenters. The van der Waals surface area contributed by atoms with E-state index in [0.717, 1.165) is 5.69 Å². The normalized spacial score (nSPS) is 17.9. The van der Waals surface area contributed by atoms with Gasteiger partial charge in [0.2, 0.25) is 7.83 Å². The summed E-state index contributed by atoms with van der Waals surface area (Å²) in [5, 5.41) is 0. The maximum absolute atomic E-state index is 6.02. The molecular weight excluding hydrogens is 443 g/mol. The van der Waals surface area contributed by atoms with Crippen molar-refractivity contribution in [2.24, 2.45) is 0 Å². The molecule has 0 bridgehead atoms. The van der Waals surface area contributed by atoms with E-state index in [1.54, 1.807) is 36.2 Å². The Bertz CT molecular complexity index is 556. The monoisotopic (exact) mass is 455 g/mol. The van der Waals surface area contributed by atoms with E-state index in [4.69, 9.17) is 79.1 Å². The Morgan fingerprint density at radius 3 is 1.71 bits per heavy atom. The van der Waals surface area contributed by atoms with Crippen molar-refractivity contribution in [2.75, 3.05) is 39.1 Å². The minimum absolute atomic E-state index is 0.177. The summed E-state index contributed by atoms with van der Waals surface area (Å²) in [5.74, 6) is 1.18. The second kappa shape index (κ2) is 7.89. The molecule has 136 valence electrons. The Balaban J connectivity index is 2.33. The number of methoxy groups -OCH3 is 2. The summed E-state index contributed by atoms with van der Waals surface area (Å²) >= 11 is 36.1. The fourth-order valence-corrected chi connectivity index (χ4v) is 2.90. The van der Waals surface area contributed by atoms with E-state index < -0.39 is 7.83 Å². The highest BCUT2D eigenvalue weighted by atomic mass is 35.6. The van der Waals surface area contributed by atoms with Gasteiger partial charge in [-0.05, 0) is 12.1 Å². The summed E-state index contributed by atoms with van der Waals surface area (Å²) < 4.78 is 7.26. The van der Waals surface area contributed by atoms with Crippen molar-refractivity contribution in [1.82, 2.24) is 9.80 Å². The second-order valence-corrected chi connectivity index (χ2v) is 9.46. The number of hydrogen-bond acceptors (Lipinski definition) is 5. The summed E-state index contributed by atoms with van der Waals surface area (Å²) in [4.78, 5) is 4.97. The zero-order valence-corrected chi connectivity index (χ0v) is 17.3. The first-order chi connectivity index (χ1) is 11.1. The van der Waals surface area contributed by atoms with Crippen molar-refractivity contribution in [3.05, 3.63) is 18.2 Å². The van der Waals surface area contributed by atoms with Gasteiger partial charge in [-0.25, -0.2) is 9.80 Å². The van der Waals surface area contributed by atoms with Crippen molar-refractivity contribution >= 4 is 75.3 Å². The molecule has 0 spiro atoms. The van der Waals surface area contributed by atoms with Gasteiger partial charge in [-0.2, -0.15) is 0 Å². The van der Waals surface area contributed by atoms with Gasteiger partial charge in [0.25, 0.3) is 0 Å². The highest BCUT2D eigenvalue weighted by molar-refractivity contribution is 6.67. The molecule has 24 heavy (non-hydrogen) atoms. The van der Waals surface area contributed by atoms with Crippen molar-refractivity contribution < 1.29 is 9.47 Å². The number of nitrogens with zero attached hydrogens (tertiary/aromatic N) is 3. The highest BCUT2D eigenvalue weighted by Gasteiger charge is 2.42. The molecule has 0 N–H and O–H groups in total. The van der Waals surface area contributed by atoms with Crippen LogP contribution in [0, 0.1) is 0 Å². The SMILES string of the molecule is COc1ccc(N2CN(C(Cl)(Cl)Cl)CN(C(Cl)(Cl)Cl)C2)cc1OC. The van der Waals surface area contributed by atoms with Crippen LogP contribution in [0.2, 0.25) is 0 Å². The lowest BCUT2D eigenvalue weighted by Crippen LogP contribution is -2.61. The van der Waals surface area contributed by atoms with E-state index in [2.05, 4.69) is 0 Å². The number of halogens is 6. The van der Waals surface area contributed by atoms with Crippen LogP contribution >= 0.6 is 69.6 Å². The molecule has 1 aliphatic rings. The Kier molecular flexibility index (Phi) is 6.77. The molecule has 1 aliphatic heterocycles. The molecular formula is C13H15Cl6N3O2. The molecule has 0 unspecified atom stereocenters. The van der Waals surface area contributed by atoms with Crippen molar-refractivity contribution in [1.29, 1.82) is 0 Å². The van der Waals surface area contributed by atoms with E-state index in [9.17, 15) is 0 Å². The Hall–Kier alpha value is 0.280. The Morgan fingerprint density at radius 2 is 1.29 bits per heavy atom. The van der Waals surface area contributed by atoms with Gasteiger partial charge in [-0.3, -0.25) is 0 Å². The first-order valence-electron chi connectivity index (χ1n) is 6.66. The van der Waals surface area contributed by atoms with Gasteiger partial charge < -0.3 is 14.4 Å². The van der Waals surface area contributed by atoms with Crippen LogP contribution in [0.15, 0.2) is 18.2 Å². The van der Waals surface area contributed by atoms with E-state index in [1.807, 2.05) is 11.0 Å². The number of anilines is 1. The fraction of sp³-hybridized carbons (Fsp3) is 0.538. The van der Waals surface area contributed by atoms with Gasteiger partial charge >= 0.3 is 0 Å². The van der Waals surface area contributed by atoms with Crippen LogP contribution in [0.5, 0.6) is 11.5 Å². The number of alkyl halides is 6. The van der Waals surface area contributed by atoms with Gasteiger partial charge in [0.05, 0.1) is 34.2 Å². The Labute approximate surface area is 170 Å². The molecule has 0 saturated carbocycles. The zero-order valence-electron chi connectivity index (χ0n) is 12.8. The van der Waals surface area contributed by atoms with Crippen LogP contribution in [0.25, 0.3) is 0 Å². The standard InChI is InChI=1S/C13H15Cl6N3O2/c1-23-10-4-3-9(5-11(10)24-2)20-6-21(12(14,15)16)8-22(7-20)13(17,18)19/h3-5H,6-8H2,1-2H3. The summed E-state index contributed by atoms with van der Waals surface area (Å²) in [7, 11) is 3.12. The molecule has 0 amide bonds. The predicted molar refractivity (Wildman–Crippen MR) is 101 cm³/mol. The average Bonchev–Trinajstić information content (AvgIpc) is 2.52. The molecule has 1 aromatic carbocycles. The predicted octanol–water partition coefficient (Wildman–Crippen LogP) is 4.66. The van der Waals surface area contributed by atoms with Gasteiger partial charge in [0.1, 0.15) is 0 Å². The molecule has 11 heteroatoms. The van der Waals surface area contributed by atoms with Crippen LogP contribution in [0.4, 0.5) is 5.69 Å². The maximum atomic E-state index is 6.02. The van der Waals surface area contributed by atoms with Gasteiger partial charge in [-0.15, -0.1) is 0 Å². The molecule has 5 nitrogen and oxygen atoms in total. The summed E-state index contributed by atoms with van der Waals surface area (Å²) in [6.07, 6.45) is 0. The Morgan fingerprint density at radius 1 is 0.792 bits per heavy atom. The molecule has 1 saturated heterocycles. The number of benzene rings is 1. The second-order valence-electron chi connectivity index (χ2n) is 5.02. The van der Waals surface area contributed by atoms with Crippen molar-refractivity contribution in [3.8, 4) is 11.5 Å². The molecule has 0 radical (unpaired) electrons. The summed E-state index contributed by atoms with van der Waals surface area (Å²) in [6, 6.07) is 5.43.